The zero-order chi connectivity index (χ0) is 14.4. The molecule has 2 nitrogen and oxygen atoms in total. The van der Waals surface area contributed by atoms with Gasteiger partial charge in [-0.2, -0.15) is 0 Å². The molecule has 0 aliphatic heterocycles. The van der Waals surface area contributed by atoms with Crippen molar-refractivity contribution in [3.63, 3.8) is 0 Å². The Kier molecular flexibility index (Phi) is 3.13. The average molecular weight is 281 g/mol. The van der Waals surface area contributed by atoms with Gasteiger partial charge in [0.15, 0.2) is 5.78 Å². The zero-order valence-electron chi connectivity index (χ0n) is 12.7. The Bertz CT molecular complexity index is 676. The summed E-state index contributed by atoms with van der Waals surface area (Å²) < 4.78 is 2.24. The molecule has 1 aromatic heterocycles. The Morgan fingerprint density at radius 1 is 1.24 bits per heavy atom. The molecule has 21 heavy (non-hydrogen) atoms. The highest BCUT2D eigenvalue weighted by molar-refractivity contribution is 5.90. The lowest BCUT2D eigenvalue weighted by atomic mass is 9.79. The topological polar surface area (TPSA) is 22.0 Å². The minimum Gasteiger partial charge on any atom is -0.337 e. The molecule has 0 saturated heterocycles. The van der Waals surface area contributed by atoms with Crippen LogP contribution >= 0.6 is 0 Å². The highest BCUT2D eigenvalue weighted by Crippen LogP contribution is 2.43. The quantitative estimate of drug-likeness (QED) is 0.768. The van der Waals surface area contributed by atoms with Crippen LogP contribution in [-0.4, -0.2) is 10.4 Å². The number of hydrogen-bond acceptors (Lipinski definition) is 1. The second kappa shape index (κ2) is 5.01. The maximum atomic E-state index is 12.7. The normalized spacial score (nSPS) is 20.4. The fourth-order valence-electron chi connectivity index (χ4n) is 3.73. The summed E-state index contributed by atoms with van der Waals surface area (Å²) in [5, 5.41) is 1.36. The molecule has 0 bridgehead atoms. The molecule has 2 heteroatoms. The van der Waals surface area contributed by atoms with E-state index in [-0.39, 0.29) is 6.04 Å². The molecule has 1 atom stereocenters. The molecule has 2 aliphatic rings. The average Bonchev–Trinajstić information content (AvgIpc) is 3.19. The van der Waals surface area contributed by atoms with E-state index in [0.717, 1.165) is 25.2 Å². The number of nitrogens with zero attached hydrogens (tertiary/aromatic N) is 1. The Morgan fingerprint density at radius 3 is 2.67 bits per heavy atom. The van der Waals surface area contributed by atoms with Crippen molar-refractivity contribution >= 4 is 16.7 Å². The SMILES string of the molecule is CCC(C(=O)C1CCC1)n1ccc2c(C3CC3)cccc21. The third-order valence-corrected chi connectivity index (χ3v) is 5.37. The first-order valence-electron chi connectivity index (χ1n) is 8.42. The van der Waals surface area contributed by atoms with Gasteiger partial charge in [-0.25, -0.2) is 0 Å². The minimum atomic E-state index is 0.0299. The van der Waals surface area contributed by atoms with Gasteiger partial charge in [0, 0.05) is 23.0 Å². The first-order valence-corrected chi connectivity index (χ1v) is 8.42. The van der Waals surface area contributed by atoms with E-state index >= 15 is 0 Å². The number of ketones is 1. The monoisotopic (exact) mass is 281 g/mol. The van der Waals surface area contributed by atoms with Gasteiger partial charge in [0.1, 0.15) is 0 Å². The fourth-order valence-corrected chi connectivity index (χ4v) is 3.73. The number of rotatable bonds is 5. The first-order chi connectivity index (χ1) is 10.3. The van der Waals surface area contributed by atoms with E-state index in [0.29, 0.717) is 11.7 Å². The van der Waals surface area contributed by atoms with Crippen LogP contribution < -0.4 is 0 Å². The second-order valence-corrected chi connectivity index (χ2v) is 6.73. The molecule has 4 rings (SSSR count). The van der Waals surface area contributed by atoms with E-state index in [1.807, 2.05) is 0 Å². The fraction of sp³-hybridized carbons (Fsp3) is 0.526. The molecule has 0 spiro atoms. The van der Waals surface area contributed by atoms with Gasteiger partial charge in [0.25, 0.3) is 0 Å². The molecular weight excluding hydrogens is 258 g/mol. The van der Waals surface area contributed by atoms with Gasteiger partial charge < -0.3 is 4.57 Å². The van der Waals surface area contributed by atoms with Gasteiger partial charge >= 0.3 is 0 Å². The van der Waals surface area contributed by atoms with E-state index < -0.39 is 0 Å². The predicted octanol–water partition coefficient (Wildman–Crippen LogP) is 4.84. The van der Waals surface area contributed by atoms with Gasteiger partial charge in [-0.1, -0.05) is 25.5 Å². The van der Waals surface area contributed by atoms with Gasteiger partial charge in [0.05, 0.1) is 6.04 Å². The summed E-state index contributed by atoms with van der Waals surface area (Å²) in [6, 6.07) is 8.85. The summed E-state index contributed by atoms with van der Waals surface area (Å²) in [7, 11) is 0. The van der Waals surface area contributed by atoms with Gasteiger partial charge in [0.2, 0.25) is 0 Å². The minimum absolute atomic E-state index is 0.0299. The number of Topliss-reactive ketones (excluding diaryl/α,β-unsaturated/α-hetero) is 1. The third-order valence-electron chi connectivity index (χ3n) is 5.37. The lowest BCUT2D eigenvalue weighted by molar-refractivity contribution is -0.128. The lowest BCUT2D eigenvalue weighted by Crippen LogP contribution is -2.30. The van der Waals surface area contributed by atoms with Crippen molar-refractivity contribution in [2.75, 3.05) is 0 Å². The molecule has 1 aromatic carbocycles. The highest BCUT2D eigenvalue weighted by atomic mass is 16.1. The summed E-state index contributed by atoms with van der Waals surface area (Å²) in [5.41, 5.74) is 2.73. The maximum absolute atomic E-state index is 12.7. The Morgan fingerprint density at radius 2 is 2.05 bits per heavy atom. The maximum Gasteiger partial charge on any atom is 0.158 e. The van der Waals surface area contributed by atoms with Crippen LogP contribution in [0.5, 0.6) is 0 Å². The number of fused-ring (bicyclic) bond motifs is 1. The van der Waals surface area contributed by atoms with Crippen molar-refractivity contribution in [2.45, 2.75) is 57.4 Å². The summed E-state index contributed by atoms with van der Waals surface area (Å²) >= 11 is 0. The van der Waals surface area contributed by atoms with Crippen LogP contribution in [0.2, 0.25) is 0 Å². The standard InChI is InChI=1S/C19H23NO/c1-2-17(19(21)14-5-3-6-14)20-12-11-16-15(13-9-10-13)7-4-8-18(16)20/h4,7-8,11-14,17H,2-3,5-6,9-10H2,1H3. The van der Waals surface area contributed by atoms with Crippen LogP contribution in [0.3, 0.4) is 0 Å². The summed E-state index contributed by atoms with van der Waals surface area (Å²) in [6.45, 7) is 2.14. The summed E-state index contributed by atoms with van der Waals surface area (Å²) in [5.74, 6) is 1.53. The van der Waals surface area contributed by atoms with Gasteiger partial charge in [-0.15, -0.1) is 0 Å². The number of carbonyl (C=O) groups excluding carboxylic acids is 1. The van der Waals surface area contributed by atoms with Crippen LogP contribution in [-0.2, 0) is 4.79 Å². The van der Waals surface area contributed by atoms with Crippen LogP contribution in [0.4, 0.5) is 0 Å². The van der Waals surface area contributed by atoms with E-state index in [1.165, 1.54) is 35.7 Å². The smallest absolute Gasteiger partial charge is 0.158 e. The van der Waals surface area contributed by atoms with Crippen molar-refractivity contribution < 1.29 is 4.79 Å². The predicted molar refractivity (Wildman–Crippen MR) is 85.6 cm³/mol. The summed E-state index contributed by atoms with van der Waals surface area (Å²) in [6.07, 6.45) is 9.11. The molecule has 2 saturated carbocycles. The van der Waals surface area contributed by atoms with Crippen molar-refractivity contribution in [1.29, 1.82) is 0 Å². The van der Waals surface area contributed by atoms with Gasteiger partial charge in [-0.3, -0.25) is 4.79 Å². The van der Waals surface area contributed by atoms with Gasteiger partial charge in [-0.05, 0) is 55.7 Å². The number of carbonyl (C=O) groups is 1. The number of hydrogen-bond donors (Lipinski definition) is 0. The lowest BCUT2D eigenvalue weighted by Gasteiger charge is -2.29. The molecule has 2 fully saturated rings. The van der Waals surface area contributed by atoms with E-state index in [9.17, 15) is 4.79 Å². The van der Waals surface area contributed by atoms with Crippen molar-refractivity contribution in [3.05, 3.63) is 36.0 Å². The van der Waals surface area contributed by atoms with E-state index in [2.05, 4.69) is 42.0 Å². The van der Waals surface area contributed by atoms with Crippen LogP contribution in [0.25, 0.3) is 10.9 Å². The highest BCUT2D eigenvalue weighted by Gasteiger charge is 2.32. The Balaban J connectivity index is 1.74. The molecule has 0 N–H and O–H groups in total. The number of aromatic nitrogens is 1. The Hall–Kier alpha value is -1.57. The molecule has 2 aromatic rings. The largest absolute Gasteiger partial charge is 0.337 e. The van der Waals surface area contributed by atoms with E-state index in [1.54, 1.807) is 0 Å². The van der Waals surface area contributed by atoms with Crippen molar-refractivity contribution in [2.24, 2.45) is 5.92 Å². The molecule has 0 radical (unpaired) electrons. The second-order valence-electron chi connectivity index (χ2n) is 6.73. The Labute approximate surface area is 126 Å². The molecule has 0 amide bonds. The molecule has 110 valence electrons. The molecular formula is C19H23NO. The van der Waals surface area contributed by atoms with E-state index in [4.69, 9.17) is 0 Å². The van der Waals surface area contributed by atoms with Crippen molar-refractivity contribution in [3.8, 4) is 0 Å². The van der Waals surface area contributed by atoms with Crippen molar-refractivity contribution in [1.82, 2.24) is 4.57 Å². The summed E-state index contributed by atoms with van der Waals surface area (Å²) in [4.78, 5) is 12.7. The van der Waals surface area contributed by atoms with Crippen LogP contribution in [0, 0.1) is 5.92 Å². The molecule has 1 unspecified atom stereocenters. The van der Waals surface area contributed by atoms with Crippen LogP contribution in [0.1, 0.15) is 63.0 Å². The third kappa shape index (κ3) is 2.12. The first kappa shape index (κ1) is 13.1. The van der Waals surface area contributed by atoms with Crippen LogP contribution in [0.15, 0.2) is 30.5 Å². The zero-order valence-corrected chi connectivity index (χ0v) is 12.7. The molecule has 2 aliphatic carbocycles. The molecule has 1 heterocycles. The number of benzene rings is 1.